The van der Waals surface area contributed by atoms with Crippen molar-refractivity contribution in [1.82, 2.24) is 34.3 Å². The van der Waals surface area contributed by atoms with Crippen LogP contribution in [-0.4, -0.2) is 48.6 Å². The van der Waals surface area contributed by atoms with E-state index in [9.17, 15) is 0 Å². The van der Waals surface area contributed by atoms with Gasteiger partial charge in [-0.2, -0.15) is 5.10 Å². The molecule has 1 N–H and O–H groups in total. The van der Waals surface area contributed by atoms with Crippen LogP contribution in [0.5, 0.6) is 5.75 Å². The molecular weight excluding hydrogens is 432 g/mol. The quantitative estimate of drug-likeness (QED) is 0.378. The summed E-state index contributed by atoms with van der Waals surface area (Å²) in [6, 6.07) is 15.5. The number of methoxy groups -OCH3 is 2. The molecule has 1 unspecified atom stereocenters. The summed E-state index contributed by atoms with van der Waals surface area (Å²) in [7, 11) is 5.20. The maximum Gasteiger partial charge on any atom is 0.228 e. The van der Waals surface area contributed by atoms with Gasteiger partial charge in [0.1, 0.15) is 17.4 Å². The predicted octanol–water partition coefficient (Wildman–Crippen LogP) is 3.60. The van der Waals surface area contributed by atoms with Gasteiger partial charge in [0.25, 0.3) is 0 Å². The number of anilines is 2. The molecule has 4 heterocycles. The van der Waals surface area contributed by atoms with E-state index < -0.39 is 0 Å². The Kier molecular flexibility index (Phi) is 5.88. The van der Waals surface area contributed by atoms with E-state index in [1.807, 2.05) is 66.2 Å². The van der Waals surface area contributed by atoms with Crippen LogP contribution in [0.2, 0.25) is 0 Å². The minimum atomic E-state index is -0.152. The summed E-state index contributed by atoms with van der Waals surface area (Å²) in [5.74, 6) is 2.91. The van der Waals surface area contributed by atoms with Gasteiger partial charge in [0, 0.05) is 44.6 Å². The summed E-state index contributed by atoms with van der Waals surface area (Å²) in [6.07, 6.45) is 5.82. The topological polar surface area (TPSA) is 104 Å². The second-order valence-corrected chi connectivity index (χ2v) is 7.69. The smallest absolute Gasteiger partial charge is 0.228 e. The molecule has 0 radical (unpaired) electrons. The van der Waals surface area contributed by atoms with Crippen LogP contribution in [0.25, 0.3) is 16.9 Å². The fourth-order valence-electron chi connectivity index (χ4n) is 3.75. The van der Waals surface area contributed by atoms with Gasteiger partial charge >= 0.3 is 0 Å². The molecule has 0 fully saturated rings. The molecule has 172 valence electrons. The molecule has 0 bridgehead atoms. The molecule has 10 nitrogen and oxygen atoms in total. The van der Waals surface area contributed by atoms with Crippen LogP contribution in [-0.2, 0) is 18.2 Å². The van der Waals surface area contributed by atoms with Gasteiger partial charge in [-0.3, -0.25) is 9.08 Å². The molecule has 0 aliphatic rings. The van der Waals surface area contributed by atoms with Crippen molar-refractivity contribution in [2.75, 3.05) is 19.5 Å². The van der Waals surface area contributed by atoms with E-state index >= 15 is 0 Å². The van der Waals surface area contributed by atoms with Crippen LogP contribution in [0.1, 0.15) is 17.5 Å². The zero-order valence-electron chi connectivity index (χ0n) is 19.1. The van der Waals surface area contributed by atoms with Gasteiger partial charge in [-0.25, -0.2) is 9.97 Å². The highest BCUT2D eigenvalue weighted by Crippen LogP contribution is 2.25. The molecule has 1 aromatic carbocycles. The SMILES string of the molecule is COc1ccc(C(Cc2nnc3cc(-c4ccnc(Nc5ccnn5C)n4)ccn23)OC)cc1. The second-order valence-electron chi connectivity index (χ2n) is 7.69. The van der Waals surface area contributed by atoms with Crippen molar-refractivity contribution >= 4 is 17.4 Å². The lowest BCUT2D eigenvalue weighted by Gasteiger charge is -2.15. The molecule has 5 aromatic rings. The van der Waals surface area contributed by atoms with Crippen molar-refractivity contribution in [2.45, 2.75) is 12.5 Å². The maximum atomic E-state index is 5.74. The fraction of sp³-hybridized carbons (Fsp3) is 0.208. The summed E-state index contributed by atoms with van der Waals surface area (Å²) in [4.78, 5) is 8.95. The molecule has 4 aromatic heterocycles. The summed E-state index contributed by atoms with van der Waals surface area (Å²) >= 11 is 0. The Morgan fingerprint density at radius 2 is 1.85 bits per heavy atom. The van der Waals surface area contributed by atoms with Crippen molar-refractivity contribution in [2.24, 2.45) is 7.05 Å². The zero-order valence-corrected chi connectivity index (χ0v) is 19.1. The minimum Gasteiger partial charge on any atom is -0.497 e. The van der Waals surface area contributed by atoms with Crippen LogP contribution < -0.4 is 10.1 Å². The molecule has 0 aliphatic heterocycles. The normalized spacial score (nSPS) is 12.1. The van der Waals surface area contributed by atoms with Crippen LogP contribution in [0, 0.1) is 0 Å². The van der Waals surface area contributed by atoms with Crippen molar-refractivity contribution in [3.8, 4) is 17.0 Å². The van der Waals surface area contributed by atoms with Gasteiger partial charge in [0.2, 0.25) is 5.95 Å². The van der Waals surface area contributed by atoms with Gasteiger partial charge < -0.3 is 14.8 Å². The minimum absolute atomic E-state index is 0.152. The fourth-order valence-corrected chi connectivity index (χ4v) is 3.75. The summed E-state index contributed by atoms with van der Waals surface area (Å²) in [5, 5.41) is 16.1. The lowest BCUT2D eigenvalue weighted by atomic mass is 10.1. The van der Waals surface area contributed by atoms with E-state index in [0.29, 0.717) is 12.4 Å². The first-order chi connectivity index (χ1) is 16.6. The summed E-state index contributed by atoms with van der Waals surface area (Å²) < 4.78 is 14.7. The number of nitrogens with zero attached hydrogens (tertiary/aromatic N) is 7. The van der Waals surface area contributed by atoms with Gasteiger partial charge in [0.15, 0.2) is 5.65 Å². The number of hydrogen-bond acceptors (Lipinski definition) is 8. The lowest BCUT2D eigenvalue weighted by molar-refractivity contribution is 0.101. The number of aryl methyl sites for hydroxylation is 1. The first-order valence-corrected chi connectivity index (χ1v) is 10.7. The average Bonchev–Trinajstić information content (AvgIpc) is 3.48. The highest BCUT2D eigenvalue weighted by atomic mass is 16.5. The van der Waals surface area contributed by atoms with Crippen LogP contribution in [0.4, 0.5) is 11.8 Å². The molecule has 0 amide bonds. The van der Waals surface area contributed by atoms with Gasteiger partial charge in [-0.15, -0.1) is 10.2 Å². The third-order valence-corrected chi connectivity index (χ3v) is 5.63. The highest BCUT2D eigenvalue weighted by Gasteiger charge is 2.16. The standard InChI is InChI=1S/C24H24N8O2/c1-31-21(9-12-26-31)28-24-25-11-8-19(27-24)17-10-13-32-22(14-17)29-30-23(32)15-20(34-3)16-4-6-18(33-2)7-5-16/h4-14,20H,15H2,1-3H3,(H,25,27,28). The summed E-state index contributed by atoms with van der Waals surface area (Å²) in [6.45, 7) is 0. The van der Waals surface area contributed by atoms with E-state index in [1.54, 1.807) is 31.3 Å². The Labute approximate surface area is 196 Å². The molecule has 10 heteroatoms. The monoisotopic (exact) mass is 456 g/mol. The first kappa shape index (κ1) is 21.5. The number of rotatable bonds is 8. The Morgan fingerprint density at radius 1 is 1.00 bits per heavy atom. The maximum absolute atomic E-state index is 5.74. The Balaban J connectivity index is 1.38. The van der Waals surface area contributed by atoms with E-state index in [1.165, 1.54) is 0 Å². The van der Waals surface area contributed by atoms with Gasteiger partial charge in [-0.05, 0) is 35.9 Å². The van der Waals surface area contributed by atoms with Crippen molar-refractivity contribution in [3.05, 3.63) is 78.5 Å². The Bertz CT molecular complexity index is 1410. The van der Waals surface area contributed by atoms with Crippen molar-refractivity contribution in [1.29, 1.82) is 0 Å². The van der Waals surface area contributed by atoms with Crippen molar-refractivity contribution in [3.63, 3.8) is 0 Å². The third-order valence-electron chi connectivity index (χ3n) is 5.63. The molecule has 5 rings (SSSR count). The summed E-state index contributed by atoms with van der Waals surface area (Å²) in [5.41, 5.74) is 3.48. The highest BCUT2D eigenvalue weighted by molar-refractivity contribution is 5.65. The number of nitrogens with one attached hydrogen (secondary N) is 1. The lowest BCUT2D eigenvalue weighted by Crippen LogP contribution is -2.08. The number of pyridine rings is 1. The molecule has 0 aliphatic carbocycles. The number of fused-ring (bicyclic) bond motifs is 1. The van der Waals surface area contributed by atoms with E-state index in [4.69, 9.17) is 9.47 Å². The second kappa shape index (κ2) is 9.28. The number of ether oxygens (including phenoxy) is 2. The third kappa shape index (κ3) is 4.30. The molecule has 0 spiro atoms. The van der Waals surface area contributed by atoms with Crippen molar-refractivity contribution < 1.29 is 9.47 Å². The molecule has 1 atom stereocenters. The largest absolute Gasteiger partial charge is 0.497 e. The van der Waals surface area contributed by atoms with Crippen LogP contribution >= 0.6 is 0 Å². The Hall–Kier alpha value is -4.31. The van der Waals surface area contributed by atoms with Crippen LogP contribution in [0.3, 0.4) is 0 Å². The van der Waals surface area contributed by atoms with Gasteiger partial charge in [-0.1, -0.05) is 12.1 Å². The van der Waals surface area contributed by atoms with E-state index in [-0.39, 0.29) is 6.10 Å². The molecule has 34 heavy (non-hydrogen) atoms. The first-order valence-electron chi connectivity index (χ1n) is 10.7. The zero-order chi connectivity index (χ0) is 23.5. The van der Waals surface area contributed by atoms with Gasteiger partial charge in [0.05, 0.1) is 25.1 Å². The predicted molar refractivity (Wildman–Crippen MR) is 127 cm³/mol. The number of benzene rings is 1. The number of hydrogen-bond donors (Lipinski definition) is 1. The molecular formula is C24H24N8O2. The number of aromatic nitrogens is 7. The van der Waals surface area contributed by atoms with E-state index in [0.717, 1.165) is 39.9 Å². The Morgan fingerprint density at radius 3 is 2.59 bits per heavy atom. The average molecular weight is 457 g/mol. The molecule has 0 saturated carbocycles. The van der Waals surface area contributed by atoms with Crippen LogP contribution in [0.15, 0.2) is 67.1 Å². The van der Waals surface area contributed by atoms with E-state index in [2.05, 4.69) is 30.6 Å². The molecule has 0 saturated heterocycles.